The van der Waals surface area contributed by atoms with Crippen molar-refractivity contribution in [2.75, 3.05) is 13.7 Å². The number of aryl methyl sites for hydroxylation is 3. The molecule has 0 saturated carbocycles. The number of Topliss-reactive ketones (excluding diaryl/α,β-unsaturated/α-hetero) is 1. The third-order valence-corrected chi connectivity index (χ3v) is 3.90. The van der Waals surface area contributed by atoms with Crippen molar-refractivity contribution in [2.45, 2.75) is 20.8 Å². The number of methoxy groups -OCH3 is 1. The van der Waals surface area contributed by atoms with E-state index in [1.165, 1.54) is 25.3 Å². The van der Waals surface area contributed by atoms with Crippen molar-refractivity contribution in [3.8, 4) is 11.5 Å². The Morgan fingerprint density at radius 3 is 2.29 bits per heavy atom. The van der Waals surface area contributed by atoms with Crippen LogP contribution in [0.25, 0.3) is 0 Å². The van der Waals surface area contributed by atoms with Crippen molar-refractivity contribution in [1.29, 1.82) is 0 Å². The first-order chi connectivity index (χ1) is 11.3. The highest BCUT2D eigenvalue weighted by atomic mass is 16.5. The predicted molar refractivity (Wildman–Crippen MR) is 89.9 cm³/mol. The number of ketones is 1. The maximum absolute atomic E-state index is 12.3. The summed E-state index contributed by atoms with van der Waals surface area (Å²) < 4.78 is 10.1. The minimum atomic E-state index is -0.777. The molecule has 2 rings (SSSR count). The van der Waals surface area contributed by atoms with Crippen LogP contribution in [0.2, 0.25) is 0 Å². The highest BCUT2D eigenvalue weighted by Gasteiger charge is 2.17. The Labute approximate surface area is 140 Å². The summed E-state index contributed by atoms with van der Waals surface area (Å²) in [5.41, 5.74) is 3.42. The molecular weight excluding hydrogens is 308 g/mol. The fourth-order valence-electron chi connectivity index (χ4n) is 2.35. The number of hydrogen-bond acceptors (Lipinski definition) is 5. The molecule has 0 fully saturated rings. The van der Waals surface area contributed by atoms with Crippen molar-refractivity contribution >= 4 is 11.8 Å². The third kappa shape index (κ3) is 3.74. The van der Waals surface area contributed by atoms with Gasteiger partial charge in [0.25, 0.3) is 0 Å². The lowest BCUT2D eigenvalue weighted by Crippen LogP contribution is -2.15. The summed E-state index contributed by atoms with van der Waals surface area (Å²) in [5.74, 6) is -0.876. The van der Waals surface area contributed by atoms with Gasteiger partial charge in [0.1, 0.15) is 17.1 Å². The number of benzene rings is 2. The summed E-state index contributed by atoms with van der Waals surface area (Å²) in [6.45, 7) is 5.35. The van der Waals surface area contributed by atoms with Gasteiger partial charge in [0.15, 0.2) is 6.61 Å². The van der Waals surface area contributed by atoms with E-state index in [1.54, 1.807) is 6.07 Å². The van der Waals surface area contributed by atoms with Gasteiger partial charge in [0.05, 0.1) is 7.11 Å². The Balaban J connectivity index is 2.12. The number of esters is 1. The van der Waals surface area contributed by atoms with Crippen LogP contribution in [-0.4, -0.2) is 30.6 Å². The number of hydrogen-bond donors (Lipinski definition) is 1. The van der Waals surface area contributed by atoms with Crippen LogP contribution < -0.4 is 4.74 Å². The van der Waals surface area contributed by atoms with E-state index >= 15 is 0 Å². The van der Waals surface area contributed by atoms with Crippen molar-refractivity contribution in [3.63, 3.8) is 0 Å². The first-order valence-corrected chi connectivity index (χ1v) is 7.48. The average Bonchev–Trinajstić information content (AvgIpc) is 2.56. The number of carbonyl (C=O) groups excluding carboxylic acids is 2. The van der Waals surface area contributed by atoms with Gasteiger partial charge in [0.2, 0.25) is 5.78 Å². The quantitative estimate of drug-likeness (QED) is 0.673. The second-order valence-corrected chi connectivity index (χ2v) is 5.63. The number of carbonyl (C=O) groups is 2. The Bertz CT molecular complexity index is 793. The van der Waals surface area contributed by atoms with Crippen molar-refractivity contribution in [2.24, 2.45) is 0 Å². The maximum atomic E-state index is 12.3. The number of aromatic hydroxyl groups is 1. The summed E-state index contributed by atoms with van der Waals surface area (Å²) >= 11 is 0. The van der Waals surface area contributed by atoms with E-state index in [-0.39, 0.29) is 17.1 Å². The van der Waals surface area contributed by atoms with E-state index in [9.17, 15) is 14.7 Å². The van der Waals surface area contributed by atoms with Gasteiger partial charge in [-0.1, -0.05) is 6.07 Å². The summed E-state index contributed by atoms with van der Waals surface area (Å²) in [6, 6.07) is 7.95. The molecule has 24 heavy (non-hydrogen) atoms. The summed E-state index contributed by atoms with van der Waals surface area (Å²) in [4.78, 5) is 24.4. The number of ether oxygens (including phenoxy) is 2. The molecule has 0 aromatic heterocycles. The Hall–Kier alpha value is -2.82. The van der Waals surface area contributed by atoms with Gasteiger partial charge in [-0.05, 0) is 61.7 Å². The second kappa shape index (κ2) is 7.17. The molecule has 1 N–H and O–H groups in total. The van der Waals surface area contributed by atoms with Crippen molar-refractivity contribution in [3.05, 3.63) is 58.1 Å². The zero-order chi connectivity index (χ0) is 17.9. The van der Waals surface area contributed by atoms with Crippen LogP contribution >= 0.6 is 0 Å². The third-order valence-electron chi connectivity index (χ3n) is 3.90. The van der Waals surface area contributed by atoms with Crippen LogP contribution in [0.15, 0.2) is 30.3 Å². The fraction of sp³-hybridized carbons (Fsp3) is 0.263. The Kier molecular flexibility index (Phi) is 5.24. The zero-order valence-electron chi connectivity index (χ0n) is 14.2. The molecule has 5 nitrogen and oxygen atoms in total. The Morgan fingerprint density at radius 2 is 1.62 bits per heavy atom. The Morgan fingerprint density at radius 1 is 0.958 bits per heavy atom. The van der Waals surface area contributed by atoms with Crippen LogP contribution in [0.5, 0.6) is 11.5 Å². The maximum Gasteiger partial charge on any atom is 0.342 e. The molecule has 126 valence electrons. The normalized spacial score (nSPS) is 10.3. The van der Waals surface area contributed by atoms with Crippen molar-refractivity contribution in [1.82, 2.24) is 0 Å². The number of rotatable bonds is 5. The van der Waals surface area contributed by atoms with E-state index in [4.69, 9.17) is 9.47 Å². The molecule has 0 saturated heterocycles. The van der Waals surface area contributed by atoms with E-state index in [2.05, 4.69) is 0 Å². The van der Waals surface area contributed by atoms with Gasteiger partial charge in [-0.25, -0.2) is 4.79 Å². The zero-order valence-corrected chi connectivity index (χ0v) is 14.2. The lowest BCUT2D eigenvalue weighted by molar-refractivity contribution is 0.0471. The summed E-state index contributed by atoms with van der Waals surface area (Å²) in [7, 11) is 1.45. The van der Waals surface area contributed by atoms with Crippen LogP contribution in [0, 0.1) is 20.8 Å². The van der Waals surface area contributed by atoms with E-state index in [1.807, 2.05) is 26.8 Å². The minimum absolute atomic E-state index is 0.0426. The molecule has 0 bridgehead atoms. The van der Waals surface area contributed by atoms with Crippen LogP contribution in [0.4, 0.5) is 0 Å². The van der Waals surface area contributed by atoms with Crippen molar-refractivity contribution < 1.29 is 24.2 Å². The highest BCUT2D eigenvalue weighted by Crippen LogP contribution is 2.24. The summed E-state index contributed by atoms with van der Waals surface area (Å²) in [6.07, 6.45) is 0. The largest absolute Gasteiger partial charge is 0.507 e. The topological polar surface area (TPSA) is 72.8 Å². The molecule has 0 atom stereocenters. The van der Waals surface area contributed by atoms with Gasteiger partial charge in [-0.2, -0.15) is 0 Å². The van der Waals surface area contributed by atoms with Gasteiger partial charge >= 0.3 is 5.97 Å². The van der Waals surface area contributed by atoms with E-state index in [0.29, 0.717) is 11.3 Å². The lowest BCUT2D eigenvalue weighted by Gasteiger charge is -2.10. The van der Waals surface area contributed by atoms with E-state index < -0.39 is 12.6 Å². The number of phenols is 1. The molecule has 0 aliphatic rings. The predicted octanol–water partition coefficient (Wildman–Crippen LogP) is 3.37. The molecule has 0 radical (unpaired) electrons. The lowest BCUT2D eigenvalue weighted by atomic mass is 9.98. The standard InChI is InChI=1S/C19H20O5/c1-11-7-13(3)15(8-12(11)2)18(21)10-24-19(22)16-9-14(23-4)5-6-17(16)20/h5-9,20H,10H2,1-4H3. The average molecular weight is 328 g/mol. The second-order valence-electron chi connectivity index (χ2n) is 5.63. The molecule has 2 aromatic carbocycles. The molecular formula is C19H20O5. The SMILES string of the molecule is COc1ccc(O)c(C(=O)OCC(=O)c2cc(C)c(C)cc2C)c1. The van der Waals surface area contributed by atoms with E-state index in [0.717, 1.165) is 16.7 Å². The van der Waals surface area contributed by atoms with Crippen LogP contribution in [-0.2, 0) is 4.74 Å². The molecule has 5 heteroatoms. The minimum Gasteiger partial charge on any atom is -0.507 e. The fourth-order valence-corrected chi connectivity index (χ4v) is 2.35. The van der Waals surface area contributed by atoms with Gasteiger partial charge in [-0.15, -0.1) is 0 Å². The highest BCUT2D eigenvalue weighted by molar-refractivity contribution is 6.01. The molecule has 2 aromatic rings. The van der Waals surface area contributed by atoms with Gasteiger partial charge in [-0.3, -0.25) is 4.79 Å². The molecule has 0 aliphatic heterocycles. The summed E-state index contributed by atoms with van der Waals surface area (Å²) in [5, 5.41) is 9.75. The molecule has 0 unspecified atom stereocenters. The monoisotopic (exact) mass is 328 g/mol. The van der Waals surface area contributed by atoms with Gasteiger partial charge < -0.3 is 14.6 Å². The van der Waals surface area contributed by atoms with Crippen LogP contribution in [0.3, 0.4) is 0 Å². The molecule has 0 amide bonds. The molecule has 0 spiro atoms. The van der Waals surface area contributed by atoms with Crippen LogP contribution in [0.1, 0.15) is 37.4 Å². The smallest absolute Gasteiger partial charge is 0.342 e. The molecule has 0 heterocycles. The first-order valence-electron chi connectivity index (χ1n) is 7.48. The van der Waals surface area contributed by atoms with Gasteiger partial charge in [0, 0.05) is 5.56 Å². The number of phenolic OH excluding ortho intramolecular Hbond substituents is 1. The molecule has 0 aliphatic carbocycles. The first kappa shape index (κ1) is 17.5.